The van der Waals surface area contributed by atoms with Crippen molar-refractivity contribution < 1.29 is 23.8 Å². The second kappa shape index (κ2) is 9.50. The first-order valence-corrected chi connectivity index (χ1v) is 11.3. The van der Waals surface area contributed by atoms with Gasteiger partial charge in [0.15, 0.2) is 0 Å². The highest BCUT2D eigenvalue weighted by atomic mass is 32.1. The first-order valence-electron chi connectivity index (χ1n) is 10.5. The van der Waals surface area contributed by atoms with Crippen molar-refractivity contribution in [1.29, 1.82) is 0 Å². The summed E-state index contributed by atoms with van der Waals surface area (Å²) in [5.41, 5.74) is 0.722. The molecule has 1 N–H and O–H groups in total. The number of benzene rings is 2. The van der Waals surface area contributed by atoms with Crippen LogP contribution in [0.1, 0.15) is 41.9 Å². The topological polar surface area (TPSA) is 92.6 Å². The number of halogens is 1. The predicted molar refractivity (Wildman–Crippen MR) is 123 cm³/mol. The van der Waals surface area contributed by atoms with Crippen molar-refractivity contribution in [2.75, 3.05) is 11.5 Å². The molecule has 0 saturated carbocycles. The van der Waals surface area contributed by atoms with Crippen molar-refractivity contribution in [3.05, 3.63) is 76.1 Å². The van der Waals surface area contributed by atoms with Gasteiger partial charge in [-0.2, -0.15) is 0 Å². The smallest absolute Gasteiger partial charge is 0.301 e. The Morgan fingerprint density at radius 1 is 1.12 bits per heavy atom. The number of ketones is 1. The molecule has 1 fully saturated rings. The second-order valence-electron chi connectivity index (χ2n) is 7.55. The maximum atomic E-state index is 13.6. The summed E-state index contributed by atoms with van der Waals surface area (Å²) < 4.78 is 19.2. The van der Waals surface area contributed by atoms with E-state index in [9.17, 15) is 19.1 Å². The Labute approximate surface area is 194 Å². The van der Waals surface area contributed by atoms with Gasteiger partial charge in [0.1, 0.15) is 22.3 Å². The maximum absolute atomic E-state index is 13.6. The maximum Gasteiger partial charge on any atom is 0.301 e. The van der Waals surface area contributed by atoms with Gasteiger partial charge >= 0.3 is 5.91 Å². The summed E-state index contributed by atoms with van der Waals surface area (Å²) in [4.78, 5) is 27.2. The number of rotatable bonds is 7. The molecule has 1 atom stereocenters. The number of carbonyl (C=O) groups excluding carboxylic acids is 2. The summed E-state index contributed by atoms with van der Waals surface area (Å²) in [5, 5.41) is 19.9. The van der Waals surface area contributed by atoms with E-state index in [2.05, 4.69) is 17.1 Å². The molecule has 4 rings (SSSR count). The van der Waals surface area contributed by atoms with Crippen LogP contribution in [-0.2, 0) is 9.59 Å². The molecule has 0 unspecified atom stereocenters. The van der Waals surface area contributed by atoms with E-state index in [0.29, 0.717) is 28.5 Å². The van der Waals surface area contributed by atoms with Crippen LogP contribution < -0.4 is 9.64 Å². The number of amides is 1. The Balaban J connectivity index is 1.78. The molecule has 1 saturated heterocycles. The third-order valence-corrected chi connectivity index (χ3v) is 6.08. The van der Waals surface area contributed by atoms with Gasteiger partial charge in [0.2, 0.25) is 5.13 Å². The van der Waals surface area contributed by atoms with Crippen molar-refractivity contribution in [3.63, 3.8) is 0 Å². The minimum Gasteiger partial charge on any atom is -0.507 e. The van der Waals surface area contributed by atoms with Gasteiger partial charge in [-0.3, -0.25) is 14.5 Å². The van der Waals surface area contributed by atoms with E-state index < -0.39 is 23.5 Å². The van der Waals surface area contributed by atoms with Crippen molar-refractivity contribution in [2.45, 2.75) is 32.7 Å². The van der Waals surface area contributed by atoms with Crippen LogP contribution in [0.4, 0.5) is 9.52 Å². The van der Waals surface area contributed by atoms with Crippen LogP contribution in [0.3, 0.4) is 0 Å². The number of aryl methyl sites for hydroxylation is 1. The number of hydrogen-bond acceptors (Lipinski definition) is 7. The lowest BCUT2D eigenvalue weighted by molar-refractivity contribution is -0.132. The first-order chi connectivity index (χ1) is 15.9. The SMILES string of the molecule is CCCCOc1ccc(C(O)=C2C(=O)C(=O)N(c3nnc(C)s3)[C@@H]2c2ccc(F)cc2)cc1. The van der Waals surface area contributed by atoms with Crippen LogP contribution in [0.15, 0.2) is 54.1 Å². The number of ether oxygens (including phenoxy) is 1. The molecule has 0 spiro atoms. The fourth-order valence-corrected chi connectivity index (χ4v) is 4.29. The van der Waals surface area contributed by atoms with Gasteiger partial charge in [-0.1, -0.05) is 36.8 Å². The molecule has 1 amide bonds. The van der Waals surface area contributed by atoms with Crippen LogP contribution in [-0.4, -0.2) is 33.6 Å². The second-order valence-corrected chi connectivity index (χ2v) is 8.71. The van der Waals surface area contributed by atoms with Gasteiger partial charge in [0, 0.05) is 5.56 Å². The van der Waals surface area contributed by atoms with E-state index >= 15 is 0 Å². The number of carbonyl (C=O) groups is 2. The number of aliphatic hydroxyl groups is 1. The summed E-state index contributed by atoms with van der Waals surface area (Å²) in [6.45, 7) is 4.38. The molecule has 2 aromatic carbocycles. The van der Waals surface area contributed by atoms with E-state index in [1.54, 1.807) is 31.2 Å². The largest absolute Gasteiger partial charge is 0.507 e. The molecule has 9 heteroatoms. The van der Waals surface area contributed by atoms with Crippen molar-refractivity contribution in [3.8, 4) is 5.75 Å². The van der Waals surface area contributed by atoms with E-state index in [1.165, 1.54) is 29.2 Å². The van der Waals surface area contributed by atoms with Crippen LogP contribution in [0.5, 0.6) is 5.75 Å². The van der Waals surface area contributed by atoms with Gasteiger partial charge in [0.25, 0.3) is 5.78 Å². The summed E-state index contributed by atoms with van der Waals surface area (Å²) in [5.74, 6) is -1.83. The zero-order chi connectivity index (χ0) is 23.5. The van der Waals surface area contributed by atoms with E-state index in [4.69, 9.17) is 4.74 Å². The molecule has 0 bridgehead atoms. The lowest BCUT2D eigenvalue weighted by Crippen LogP contribution is -2.29. The van der Waals surface area contributed by atoms with Crippen molar-refractivity contribution in [2.24, 2.45) is 0 Å². The first kappa shape index (κ1) is 22.6. The van der Waals surface area contributed by atoms with E-state index in [-0.39, 0.29) is 16.5 Å². The summed E-state index contributed by atoms with van der Waals surface area (Å²) in [6, 6.07) is 11.1. The van der Waals surface area contributed by atoms with Gasteiger partial charge < -0.3 is 9.84 Å². The molecule has 1 aromatic heterocycles. The highest BCUT2D eigenvalue weighted by Gasteiger charge is 2.48. The van der Waals surface area contributed by atoms with Crippen LogP contribution in [0.25, 0.3) is 5.76 Å². The van der Waals surface area contributed by atoms with Gasteiger partial charge in [0.05, 0.1) is 18.2 Å². The average molecular weight is 468 g/mol. The Morgan fingerprint density at radius 3 is 2.42 bits per heavy atom. The molecule has 7 nitrogen and oxygen atoms in total. The van der Waals surface area contributed by atoms with Crippen LogP contribution in [0, 0.1) is 12.7 Å². The van der Waals surface area contributed by atoms with Gasteiger partial charge in [-0.05, 0) is 55.3 Å². The fraction of sp³-hybridized carbons (Fsp3) is 0.250. The van der Waals surface area contributed by atoms with Crippen molar-refractivity contribution in [1.82, 2.24) is 10.2 Å². The number of unbranched alkanes of at least 4 members (excludes halogenated alkanes) is 1. The molecule has 3 aromatic rings. The number of Topliss-reactive ketones (excluding diaryl/α,β-unsaturated/α-hetero) is 1. The molecular weight excluding hydrogens is 445 g/mol. The molecule has 1 aliphatic rings. The molecule has 170 valence electrons. The lowest BCUT2D eigenvalue weighted by Gasteiger charge is -2.22. The molecule has 2 heterocycles. The molecule has 33 heavy (non-hydrogen) atoms. The predicted octanol–water partition coefficient (Wildman–Crippen LogP) is 4.79. The van der Waals surface area contributed by atoms with E-state index in [1.807, 2.05) is 0 Å². The summed E-state index contributed by atoms with van der Waals surface area (Å²) in [6.07, 6.45) is 1.93. The Hall–Kier alpha value is -3.59. The Kier molecular flexibility index (Phi) is 6.50. The average Bonchev–Trinajstić information content (AvgIpc) is 3.35. The number of anilines is 1. The Morgan fingerprint density at radius 2 is 1.82 bits per heavy atom. The third-order valence-electron chi connectivity index (χ3n) is 5.25. The minimum atomic E-state index is -0.974. The highest BCUT2D eigenvalue weighted by molar-refractivity contribution is 7.15. The molecule has 1 aliphatic heterocycles. The van der Waals surface area contributed by atoms with Crippen LogP contribution >= 0.6 is 11.3 Å². The molecule has 0 radical (unpaired) electrons. The zero-order valence-corrected chi connectivity index (χ0v) is 18.9. The minimum absolute atomic E-state index is 0.0980. The van der Waals surface area contributed by atoms with Crippen molar-refractivity contribution >= 4 is 33.9 Å². The quantitative estimate of drug-likeness (QED) is 0.232. The lowest BCUT2D eigenvalue weighted by atomic mass is 9.95. The normalized spacial score (nSPS) is 17.5. The zero-order valence-electron chi connectivity index (χ0n) is 18.1. The van der Waals surface area contributed by atoms with Gasteiger partial charge in [-0.25, -0.2) is 4.39 Å². The molecule has 0 aliphatic carbocycles. The van der Waals surface area contributed by atoms with Gasteiger partial charge in [-0.15, -0.1) is 10.2 Å². The summed E-state index contributed by atoms with van der Waals surface area (Å²) in [7, 11) is 0. The number of hydrogen-bond donors (Lipinski definition) is 1. The van der Waals surface area contributed by atoms with E-state index in [0.717, 1.165) is 24.2 Å². The summed E-state index contributed by atoms with van der Waals surface area (Å²) >= 11 is 1.15. The third kappa shape index (κ3) is 4.49. The van der Waals surface area contributed by atoms with Crippen LogP contribution in [0.2, 0.25) is 0 Å². The number of aliphatic hydroxyl groups excluding tert-OH is 1. The number of aromatic nitrogens is 2. The highest BCUT2D eigenvalue weighted by Crippen LogP contribution is 2.43. The monoisotopic (exact) mass is 467 g/mol. The number of nitrogens with zero attached hydrogens (tertiary/aromatic N) is 3. The molecular formula is C24H22FN3O4S. The Bertz CT molecular complexity index is 1210. The fourth-order valence-electron chi connectivity index (χ4n) is 3.57. The standard InChI is InChI=1S/C24H22FN3O4S/c1-3-4-13-32-18-11-7-16(8-12-18)21(29)19-20(15-5-9-17(25)10-6-15)28(23(31)22(19)30)24-27-26-14(2)33-24/h5-12,20,29H,3-4,13H2,1-2H3/t20-/m1/s1.